The lowest BCUT2D eigenvalue weighted by atomic mass is 10.1. The molecule has 2 amide bonds. The van der Waals surface area contributed by atoms with E-state index in [4.69, 9.17) is 16.3 Å². The van der Waals surface area contributed by atoms with Crippen molar-refractivity contribution in [3.8, 4) is 17.6 Å². The summed E-state index contributed by atoms with van der Waals surface area (Å²) in [6.45, 7) is 5.02. The standard InChI is InChI=1S/C21H21ClN2O3/c1-15(25)24-18-10-6-16(7-11-18)5-4-14-23-20(26)21(2,3)27-19-12-8-17(22)9-13-19/h6-13H,14H2,1-3H3,(H,23,26)(H,24,25). The highest BCUT2D eigenvalue weighted by molar-refractivity contribution is 6.30. The Morgan fingerprint density at radius 2 is 1.70 bits per heavy atom. The van der Waals surface area contributed by atoms with Crippen LogP contribution in [0.3, 0.4) is 0 Å². The van der Waals surface area contributed by atoms with Gasteiger partial charge in [0.05, 0.1) is 6.54 Å². The molecule has 5 nitrogen and oxygen atoms in total. The molecule has 0 aliphatic carbocycles. The predicted molar refractivity (Wildman–Crippen MR) is 107 cm³/mol. The third-order valence-corrected chi connectivity index (χ3v) is 3.76. The van der Waals surface area contributed by atoms with Crippen molar-refractivity contribution in [2.24, 2.45) is 0 Å². The maximum atomic E-state index is 12.3. The van der Waals surface area contributed by atoms with Gasteiger partial charge in [0, 0.05) is 23.2 Å². The van der Waals surface area contributed by atoms with Gasteiger partial charge in [-0.3, -0.25) is 9.59 Å². The number of rotatable bonds is 5. The minimum atomic E-state index is -1.05. The highest BCUT2D eigenvalue weighted by atomic mass is 35.5. The van der Waals surface area contributed by atoms with Crippen LogP contribution in [0.2, 0.25) is 5.02 Å². The van der Waals surface area contributed by atoms with Crippen LogP contribution in [0.1, 0.15) is 26.3 Å². The average Bonchev–Trinajstić information content (AvgIpc) is 2.61. The summed E-state index contributed by atoms with van der Waals surface area (Å²) in [6.07, 6.45) is 0. The van der Waals surface area contributed by atoms with Crippen LogP contribution in [-0.4, -0.2) is 24.0 Å². The second-order valence-corrected chi connectivity index (χ2v) is 6.75. The molecule has 27 heavy (non-hydrogen) atoms. The van der Waals surface area contributed by atoms with Gasteiger partial charge in [-0.05, 0) is 62.4 Å². The first-order chi connectivity index (χ1) is 12.8. The predicted octanol–water partition coefficient (Wildman–Crippen LogP) is 3.62. The van der Waals surface area contributed by atoms with Crippen LogP contribution in [0.5, 0.6) is 5.75 Å². The molecular weight excluding hydrogens is 364 g/mol. The van der Waals surface area contributed by atoms with Gasteiger partial charge in [0.15, 0.2) is 5.60 Å². The molecule has 0 aliphatic rings. The molecule has 2 aromatic carbocycles. The molecule has 0 spiro atoms. The summed E-state index contributed by atoms with van der Waals surface area (Å²) in [7, 11) is 0. The largest absolute Gasteiger partial charge is 0.478 e. The summed E-state index contributed by atoms with van der Waals surface area (Å²) in [5.74, 6) is 6.01. The summed E-state index contributed by atoms with van der Waals surface area (Å²) in [6, 6.07) is 14.0. The number of benzene rings is 2. The Morgan fingerprint density at radius 3 is 2.30 bits per heavy atom. The minimum absolute atomic E-state index is 0.125. The maximum absolute atomic E-state index is 12.3. The zero-order chi connectivity index (χ0) is 19.9. The third-order valence-electron chi connectivity index (χ3n) is 3.51. The van der Waals surface area contributed by atoms with Crippen LogP contribution >= 0.6 is 11.6 Å². The lowest BCUT2D eigenvalue weighted by Gasteiger charge is -2.24. The Labute approximate surface area is 164 Å². The molecule has 2 N–H and O–H groups in total. The highest BCUT2D eigenvalue weighted by Gasteiger charge is 2.29. The Bertz CT molecular complexity index is 863. The summed E-state index contributed by atoms with van der Waals surface area (Å²) < 4.78 is 5.73. The van der Waals surface area contributed by atoms with E-state index < -0.39 is 5.60 Å². The van der Waals surface area contributed by atoms with E-state index in [0.29, 0.717) is 16.5 Å². The van der Waals surface area contributed by atoms with Gasteiger partial charge >= 0.3 is 0 Å². The Hall–Kier alpha value is -2.97. The molecular formula is C21H21ClN2O3. The zero-order valence-corrected chi connectivity index (χ0v) is 16.2. The number of halogens is 1. The zero-order valence-electron chi connectivity index (χ0n) is 15.4. The van der Waals surface area contributed by atoms with Crippen molar-refractivity contribution in [2.45, 2.75) is 26.4 Å². The summed E-state index contributed by atoms with van der Waals surface area (Å²) >= 11 is 5.84. The van der Waals surface area contributed by atoms with Crippen LogP contribution in [0.15, 0.2) is 48.5 Å². The fourth-order valence-electron chi connectivity index (χ4n) is 2.17. The van der Waals surface area contributed by atoms with Gasteiger partial charge in [-0.2, -0.15) is 0 Å². The molecule has 0 saturated carbocycles. The fourth-order valence-corrected chi connectivity index (χ4v) is 2.29. The molecule has 0 atom stereocenters. The van der Waals surface area contributed by atoms with E-state index in [9.17, 15) is 9.59 Å². The molecule has 0 unspecified atom stereocenters. The summed E-state index contributed by atoms with van der Waals surface area (Å²) in [4.78, 5) is 23.3. The number of hydrogen-bond acceptors (Lipinski definition) is 3. The van der Waals surface area contributed by atoms with E-state index in [0.717, 1.165) is 5.56 Å². The Balaban J connectivity index is 1.87. The van der Waals surface area contributed by atoms with Crippen molar-refractivity contribution in [1.82, 2.24) is 5.32 Å². The summed E-state index contributed by atoms with van der Waals surface area (Å²) in [5.41, 5.74) is 0.452. The molecule has 0 aliphatic heterocycles. The number of ether oxygens (including phenoxy) is 1. The molecule has 0 heterocycles. The molecule has 0 radical (unpaired) electrons. The first-order valence-corrected chi connectivity index (χ1v) is 8.73. The molecule has 0 saturated heterocycles. The highest BCUT2D eigenvalue weighted by Crippen LogP contribution is 2.20. The van der Waals surface area contributed by atoms with Gasteiger partial charge in [-0.25, -0.2) is 0 Å². The van der Waals surface area contributed by atoms with Gasteiger partial charge in [0.2, 0.25) is 5.91 Å². The van der Waals surface area contributed by atoms with E-state index >= 15 is 0 Å². The first-order valence-electron chi connectivity index (χ1n) is 8.36. The molecule has 0 bridgehead atoms. The second kappa shape index (κ2) is 9.11. The van der Waals surface area contributed by atoms with E-state index in [1.54, 1.807) is 62.4 Å². The lowest BCUT2D eigenvalue weighted by molar-refractivity contribution is -0.133. The van der Waals surface area contributed by atoms with Gasteiger partial charge in [0.25, 0.3) is 5.91 Å². The van der Waals surface area contributed by atoms with Crippen LogP contribution < -0.4 is 15.4 Å². The van der Waals surface area contributed by atoms with Gasteiger partial charge < -0.3 is 15.4 Å². The van der Waals surface area contributed by atoms with Crippen LogP contribution in [0.25, 0.3) is 0 Å². The van der Waals surface area contributed by atoms with E-state index in [2.05, 4.69) is 22.5 Å². The molecule has 0 fully saturated rings. The van der Waals surface area contributed by atoms with Crippen LogP contribution in [-0.2, 0) is 9.59 Å². The monoisotopic (exact) mass is 384 g/mol. The van der Waals surface area contributed by atoms with Crippen molar-refractivity contribution < 1.29 is 14.3 Å². The maximum Gasteiger partial charge on any atom is 0.264 e. The number of carbonyl (C=O) groups excluding carboxylic acids is 2. The number of anilines is 1. The van der Waals surface area contributed by atoms with E-state index in [1.165, 1.54) is 6.92 Å². The van der Waals surface area contributed by atoms with Crippen LogP contribution in [0.4, 0.5) is 5.69 Å². The van der Waals surface area contributed by atoms with Crippen molar-refractivity contribution in [2.75, 3.05) is 11.9 Å². The topological polar surface area (TPSA) is 67.4 Å². The Morgan fingerprint density at radius 1 is 1.07 bits per heavy atom. The number of hydrogen-bond donors (Lipinski definition) is 2. The number of nitrogens with one attached hydrogen (secondary N) is 2. The van der Waals surface area contributed by atoms with Gasteiger partial charge in [-0.1, -0.05) is 23.4 Å². The van der Waals surface area contributed by atoms with Crippen molar-refractivity contribution >= 4 is 29.1 Å². The van der Waals surface area contributed by atoms with Crippen molar-refractivity contribution in [3.05, 3.63) is 59.1 Å². The molecule has 2 aromatic rings. The average molecular weight is 385 g/mol. The molecule has 140 valence electrons. The normalized spacial score (nSPS) is 10.4. The van der Waals surface area contributed by atoms with Gasteiger partial charge in [0.1, 0.15) is 5.75 Å². The van der Waals surface area contributed by atoms with Crippen molar-refractivity contribution in [1.29, 1.82) is 0 Å². The smallest absolute Gasteiger partial charge is 0.264 e. The van der Waals surface area contributed by atoms with Crippen LogP contribution in [0, 0.1) is 11.8 Å². The van der Waals surface area contributed by atoms with Crippen molar-refractivity contribution in [3.63, 3.8) is 0 Å². The number of carbonyl (C=O) groups is 2. The third kappa shape index (κ3) is 6.69. The minimum Gasteiger partial charge on any atom is -0.478 e. The quantitative estimate of drug-likeness (QED) is 0.773. The SMILES string of the molecule is CC(=O)Nc1ccc(C#CCNC(=O)C(C)(C)Oc2ccc(Cl)cc2)cc1. The first kappa shape index (κ1) is 20.3. The number of amides is 2. The Kier molecular flexibility index (Phi) is 6.86. The molecule has 6 heteroatoms. The van der Waals surface area contributed by atoms with Gasteiger partial charge in [-0.15, -0.1) is 0 Å². The molecule has 2 rings (SSSR count). The second-order valence-electron chi connectivity index (χ2n) is 6.31. The fraction of sp³-hybridized carbons (Fsp3) is 0.238. The lowest BCUT2D eigenvalue weighted by Crippen LogP contribution is -2.46. The summed E-state index contributed by atoms with van der Waals surface area (Å²) in [5, 5.41) is 6.03. The van der Waals surface area contributed by atoms with E-state index in [-0.39, 0.29) is 18.4 Å². The molecule has 0 aromatic heterocycles. The van der Waals surface area contributed by atoms with E-state index in [1.807, 2.05) is 0 Å².